The summed E-state index contributed by atoms with van der Waals surface area (Å²) < 4.78 is 18.5. The number of benzene rings is 1. The Balaban J connectivity index is 2.15. The number of rotatable bonds is 2. The Kier molecular flexibility index (Phi) is 2.40. The van der Waals surface area contributed by atoms with Crippen molar-refractivity contribution >= 4 is 10.9 Å². The molecule has 5 nitrogen and oxygen atoms in total. The van der Waals surface area contributed by atoms with E-state index in [9.17, 15) is 4.39 Å². The van der Waals surface area contributed by atoms with Crippen LogP contribution in [0.3, 0.4) is 0 Å². The summed E-state index contributed by atoms with van der Waals surface area (Å²) in [5, 5.41) is 6.99. The van der Waals surface area contributed by atoms with Gasteiger partial charge in [-0.15, -0.1) is 5.10 Å². The van der Waals surface area contributed by atoms with Crippen LogP contribution in [0.1, 0.15) is 0 Å². The quantitative estimate of drug-likeness (QED) is 0.750. The van der Waals surface area contributed by atoms with Crippen LogP contribution in [-0.4, -0.2) is 27.3 Å². The van der Waals surface area contributed by atoms with E-state index in [2.05, 4.69) is 20.2 Å². The predicted molar refractivity (Wildman–Crippen MR) is 63.6 cm³/mol. The third kappa shape index (κ3) is 1.67. The Bertz CT molecular complexity index is 710. The lowest BCUT2D eigenvalue weighted by molar-refractivity contribution is 0.382. The van der Waals surface area contributed by atoms with Crippen molar-refractivity contribution < 1.29 is 9.13 Å². The van der Waals surface area contributed by atoms with Gasteiger partial charge in [0, 0.05) is 17.1 Å². The highest BCUT2D eigenvalue weighted by molar-refractivity contribution is 5.82. The molecule has 0 aliphatic heterocycles. The fourth-order valence-electron chi connectivity index (χ4n) is 1.71. The van der Waals surface area contributed by atoms with Gasteiger partial charge in [-0.3, -0.25) is 10.1 Å². The molecule has 0 unspecified atom stereocenters. The molecule has 18 heavy (non-hydrogen) atoms. The van der Waals surface area contributed by atoms with Gasteiger partial charge in [-0.1, -0.05) is 6.07 Å². The Morgan fingerprint density at radius 1 is 1.33 bits per heavy atom. The van der Waals surface area contributed by atoms with Crippen molar-refractivity contribution in [3.63, 3.8) is 0 Å². The monoisotopic (exact) mass is 244 g/mol. The van der Waals surface area contributed by atoms with Crippen molar-refractivity contribution in [1.82, 2.24) is 20.2 Å². The number of hydrogen-bond donors (Lipinski definition) is 1. The van der Waals surface area contributed by atoms with Crippen LogP contribution in [-0.2, 0) is 0 Å². The summed E-state index contributed by atoms with van der Waals surface area (Å²) in [6, 6.07) is 6.69. The molecule has 3 rings (SSSR count). The van der Waals surface area contributed by atoms with Gasteiger partial charge in [0.1, 0.15) is 5.82 Å². The Morgan fingerprint density at radius 2 is 2.22 bits per heavy atom. The van der Waals surface area contributed by atoms with Gasteiger partial charge in [-0.05, 0) is 18.2 Å². The third-order valence-electron chi connectivity index (χ3n) is 2.59. The summed E-state index contributed by atoms with van der Waals surface area (Å²) in [6.45, 7) is 0. The first-order valence-electron chi connectivity index (χ1n) is 5.29. The van der Waals surface area contributed by atoms with Gasteiger partial charge in [0.05, 0.1) is 12.6 Å². The standard InChI is InChI=1S/C12H9FN4O/c1-18-12-15-11(16-17-12)7-5-8-9(13)3-2-4-10(8)14-6-7/h2-6H,1H3,(H,15,16,17). The number of nitrogens with one attached hydrogen (secondary N) is 1. The maximum atomic E-state index is 13.6. The zero-order valence-electron chi connectivity index (χ0n) is 9.51. The van der Waals surface area contributed by atoms with Gasteiger partial charge in [0.2, 0.25) is 0 Å². The molecule has 6 heteroatoms. The van der Waals surface area contributed by atoms with E-state index in [0.717, 1.165) is 0 Å². The molecule has 2 aromatic heterocycles. The summed E-state index contributed by atoms with van der Waals surface area (Å²) in [5.41, 5.74) is 1.26. The van der Waals surface area contributed by atoms with Crippen LogP contribution < -0.4 is 4.74 Å². The second kappa shape index (κ2) is 4.06. The minimum atomic E-state index is -0.312. The first kappa shape index (κ1) is 10.6. The number of aromatic amines is 1. The maximum Gasteiger partial charge on any atom is 0.335 e. The van der Waals surface area contributed by atoms with Crippen molar-refractivity contribution in [2.24, 2.45) is 0 Å². The van der Waals surface area contributed by atoms with E-state index in [1.807, 2.05) is 0 Å². The number of methoxy groups -OCH3 is 1. The number of ether oxygens (including phenoxy) is 1. The van der Waals surface area contributed by atoms with Crippen LogP contribution in [0.15, 0.2) is 30.5 Å². The van der Waals surface area contributed by atoms with Crippen molar-refractivity contribution in [3.05, 3.63) is 36.3 Å². The number of nitrogens with zero attached hydrogens (tertiary/aromatic N) is 3. The van der Waals surface area contributed by atoms with Crippen LogP contribution in [0.4, 0.5) is 4.39 Å². The van der Waals surface area contributed by atoms with Crippen molar-refractivity contribution in [1.29, 1.82) is 0 Å². The van der Waals surface area contributed by atoms with Crippen molar-refractivity contribution in [2.75, 3.05) is 7.11 Å². The maximum absolute atomic E-state index is 13.6. The number of fused-ring (bicyclic) bond motifs is 1. The molecular weight excluding hydrogens is 235 g/mol. The van der Waals surface area contributed by atoms with E-state index in [1.54, 1.807) is 24.4 Å². The van der Waals surface area contributed by atoms with Gasteiger partial charge < -0.3 is 4.74 Å². The smallest absolute Gasteiger partial charge is 0.335 e. The summed E-state index contributed by atoms with van der Waals surface area (Å²) >= 11 is 0. The van der Waals surface area contributed by atoms with E-state index >= 15 is 0 Å². The average molecular weight is 244 g/mol. The van der Waals surface area contributed by atoms with E-state index in [-0.39, 0.29) is 11.8 Å². The molecule has 0 bridgehead atoms. The second-order valence-corrected chi connectivity index (χ2v) is 3.70. The zero-order valence-corrected chi connectivity index (χ0v) is 9.51. The van der Waals surface area contributed by atoms with E-state index in [4.69, 9.17) is 4.74 Å². The Hall–Kier alpha value is -2.50. The third-order valence-corrected chi connectivity index (χ3v) is 2.59. The molecule has 1 aromatic carbocycles. The highest BCUT2D eigenvalue weighted by Crippen LogP contribution is 2.22. The molecular formula is C12H9FN4O. The molecule has 0 radical (unpaired) electrons. The van der Waals surface area contributed by atoms with E-state index in [1.165, 1.54) is 13.2 Å². The number of aromatic nitrogens is 4. The SMILES string of the molecule is COc1n[nH]c(-c2cnc3cccc(F)c3c2)n1. The van der Waals surface area contributed by atoms with Gasteiger partial charge >= 0.3 is 6.01 Å². The highest BCUT2D eigenvalue weighted by atomic mass is 19.1. The fourth-order valence-corrected chi connectivity index (χ4v) is 1.71. The lowest BCUT2D eigenvalue weighted by Crippen LogP contribution is -1.87. The van der Waals surface area contributed by atoms with Crippen LogP contribution >= 0.6 is 0 Å². The Morgan fingerprint density at radius 3 is 3.00 bits per heavy atom. The predicted octanol–water partition coefficient (Wildman–Crippen LogP) is 2.17. The van der Waals surface area contributed by atoms with Crippen LogP contribution in [0.25, 0.3) is 22.3 Å². The van der Waals surface area contributed by atoms with Crippen LogP contribution in [0.5, 0.6) is 6.01 Å². The minimum Gasteiger partial charge on any atom is -0.466 e. The van der Waals surface area contributed by atoms with Crippen LogP contribution in [0, 0.1) is 5.82 Å². The normalized spacial score (nSPS) is 10.8. The highest BCUT2D eigenvalue weighted by Gasteiger charge is 2.08. The summed E-state index contributed by atoms with van der Waals surface area (Å²) in [5.74, 6) is 0.179. The summed E-state index contributed by atoms with van der Waals surface area (Å²) in [6.07, 6.45) is 1.61. The first-order chi connectivity index (χ1) is 8.78. The van der Waals surface area contributed by atoms with E-state index < -0.39 is 0 Å². The zero-order chi connectivity index (χ0) is 12.5. The largest absolute Gasteiger partial charge is 0.466 e. The summed E-state index contributed by atoms with van der Waals surface area (Å²) in [4.78, 5) is 8.27. The molecule has 3 aromatic rings. The molecule has 0 atom stereocenters. The number of halogens is 1. The topological polar surface area (TPSA) is 63.7 Å². The molecule has 0 fully saturated rings. The van der Waals surface area contributed by atoms with Crippen molar-refractivity contribution in [2.45, 2.75) is 0 Å². The molecule has 0 aliphatic carbocycles. The second-order valence-electron chi connectivity index (χ2n) is 3.70. The lowest BCUT2D eigenvalue weighted by atomic mass is 10.1. The molecule has 0 aliphatic rings. The molecule has 2 heterocycles. The molecule has 0 amide bonds. The molecule has 90 valence electrons. The Labute approximate surface area is 102 Å². The first-order valence-corrected chi connectivity index (χ1v) is 5.29. The van der Waals surface area contributed by atoms with E-state index in [0.29, 0.717) is 22.3 Å². The number of hydrogen-bond acceptors (Lipinski definition) is 4. The molecule has 0 saturated heterocycles. The average Bonchev–Trinajstić information content (AvgIpc) is 2.88. The van der Waals surface area contributed by atoms with Gasteiger partial charge in [0.25, 0.3) is 0 Å². The molecule has 0 saturated carbocycles. The fraction of sp³-hybridized carbons (Fsp3) is 0.0833. The number of pyridine rings is 1. The van der Waals surface area contributed by atoms with Gasteiger partial charge in [-0.2, -0.15) is 4.98 Å². The van der Waals surface area contributed by atoms with Crippen LogP contribution in [0.2, 0.25) is 0 Å². The minimum absolute atomic E-state index is 0.235. The van der Waals surface area contributed by atoms with Gasteiger partial charge in [-0.25, -0.2) is 4.39 Å². The summed E-state index contributed by atoms with van der Waals surface area (Å²) in [7, 11) is 1.48. The molecule has 1 N–H and O–H groups in total. The van der Waals surface area contributed by atoms with Gasteiger partial charge in [0.15, 0.2) is 5.82 Å². The van der Waals surface area contributed by atoms with Crippen molar-refractivity contribution in [3.8, 4) is 17.4 Å². The lowest BCUT2D eigenvalue weighted by Gasteiger charge is -2.00. The number of H-pyrrole nitrogens is 1. The molecule has 0 spiro atoms.